The van der Waals surface area contributed by atoms with E-state index in [0.29, 0.717) is 6.61 Å². The van der Waals surface area contributed by atoms with Crippen LogP contribution >= 0.6 is 11.6 Å². The molecule has 0 aliphatic rings. The van der Waals surface area contributed by atoms with Gasteiger partial charge >= 0.3 is 5.69 Å². The van der Waals surface area contributed by atoms with Crippen LogP contribution in [0, 0.1) is 10.1 Å². The Hall–Kier alpha value is -1.62. The van der Waals surface area contributed by atoms with Gasteiger partial charge in [0.25, 0.3) is 5.24 Å². The molecule has 0 fully saturated rings. The lowest BCUT2D eigenvalue weighted by Crippen LogP contribution is -2.04. The number of nitro groups is 1. The summed E-state index contributed by atoms with van der Waals surface area (Å²) in [5.74, 6) is 0.0787. The van der Waals surface area contributed by atoms with E-state index in [1.807, 2.05) is 6.92 Å². The molecule has 0 aliphatic heterocycles. The summed E-state index contributed by atoms with van der Waals surface area (Å²) in [5, 5.41) is 10.0. The van der Waals surface area contributed by atoms with Crippen molar-refractivity contribution in [1.82, 2.24) is 0 Å². The highest BCUT2D eigenvalue weighted by Gasteiger charge is 2.24. The Bertz CT molecular complexity index is 433. The molecule has 0 aromatic heterocycles. The minimum atomic E-state index is -0.863. The fourth-order valence-corrected chi connectivity index (χ4v) is 1.46. The third kappa shape index (κ3) is 3.42. The van der Waals surface area contributed by atoms with Gasteiger partial charge in [-0.2, -0.15) is 0 Å². The Morgan fingerprint density at radius 1 is 1.53 bits per heavy atom. The van der Waals surface area contributed by atoms with Crippen LogP contribution in [0.4, 0.5) is 5.69 Å². The van der Waals surface area contributed by atoms with Crippen molar-refractivity contribution in [2.45, 2.75) is 19.8 Å². The van der Waals surface area contributed by atoms with E-state index in [4.69, 9.17) is 16.3 Å². The van der Waals surface area contributed by atoms with Gasteiger partial charge in [0.1, 0.15) is 5.56 Å². The van der Waals surface area contributed by atoms with Crippen molar-refractivity contribution >= 4 is 22.5 Å². The van der Waals surface area contributed by atoms with E-state index in [0.717, 1.165) is 12.8 Å². The standard InChI is InChI=1S/C11H12ClNO4/c1-2-3-7-17-9-6-4-5-8(11(12)14)10(9)13(15)16/h4-6H,2-3,7H2,1H3. The van der Waals surface area contributed by atoms with E-state index in [-0.39, 0.29) is 17.0 Å². The molecule has 0 spiro atoms. The zero-order valence-electron chi connectivity index (χ0n) is 9.31. The van der Waals surface area contributed by atoms with E-state index in [2.05, 4.69) is 0 Å². The van der Waals surface area contributed by atoms with Crippen LogP contribution < -0.4 is 4.74 Å². The molecule has 0 aliphatic carbocycles. The normalized spacial score (nSPS) is 10.0. The summed E-state index contributed by atoms with van der Waals surface area (Å²) < 4.78 is 5.28. The van der Waals surface area contributed by atoms with E-state index in [1.54, 1.807) is 0 Å². The Labute approximate surface area is 103 Å². The van der Waals surface area contributed by atoms with E-state index >= 15 is 0 Å². The van der Waals surface area contributed by atoms with Crippen LogP contribution in [0.2, 0.25) is 0 Å². The maximum atomic E-state index is 11.1. The lowest BCUT2D eigenvalue weighted by molar-refractivity contribution is -0.386. The molecule has 17 heavy (non-hydrogen) atoms. The minimum absolute atomic E-state index is 0.0787. The van der Waals surface area contributed by atoms with Gasteiger partial charge in [0.2, 0.25) is 0 Å². The third-order valence-electron chi connectivity index (χ3n) is 2.15. The highest BCUT2D eigenvalue weighted by atomic mass is 35.5. The molecule has 0 bridgehead atoms. The quantitative estimate of drug-likeness (QED) is 0.340. The fourth-order valence-electron chi connectivity index (χ4n) is 1.31. The van der Waals surface area contributed by atoms with Crippen molar-refractivity contribution < 1.29 is 14.5 Å². The highest BCUT2D eigenvalue weighted by Crippen LogP contribution is 2.31. The zero-order valence-corrected chi connectivity index (χ0v) is 10.1. The number of halogens is 1. The molecule has 92 valence electrons. The van der Waals surface area contributed by atoms with Crippen molar-refractivity contribution in [2.75, 3.05) is 6.61 Å². The third-order valence-corrected chi connectivity index (χ3v) is 2.35. The van der Waals surface area contributed by atoms with Gasteiger partial charge in [0.05, 0.1) is 11.5 Å². The van der Waals surface area contributed by atoms with Crippen LogP contribution in [-0.2, 0) is 0 Å². The van der Waals surface area contributed by atoms with Gasteiger partial charge in [-0.05, 0) is 30.2 Å². The molecule has 0 radical (unpaired) electrons. The molecular formula is C11H12ClNO4. The van der Waals surface area contributed by atoms with Gasteiger partial charge in [0.15, 0.2) is 5.75 Å². The van der Waals surface area contributed by atoms with Crippen LogP contribution in [0.1, 0.15) is 30.1 Å². The average molecular weight is 258 g/mol. The van der Waals surface area contributed by atoms with Crippen molar-refractivity contribution in [2.24, 2.45) is 0 Å². The number of nitro benzene ring substituents is 1. The maximum Gasteiger partial charge on any atom is 0.322 e. The van der Waals surface area contributed by atoms with Crippen molar-refractivity contribution in [1.29, 1.82) is 0 Å². The molecule has 0 saturated carbocycles. The number of hydrogen-bond acceptors (Lipinski definition) is 4. The molecule has 6 heteroatoms. The molecule has 1 aromatic rings. The van der Waals surface area contributed by atoms with Crippen molar-refractivity contribution in [3.8, 4) is 5.75 Å². The summed E-state index contributed by atoms with van der Waals surface area (Å²) >= 11 is 5.29. The number of unbranched alkanes of at least 4 members (excludes halogenated alkanes) is 1. The SMILES string of the molecule is CCCCOc1cccc(C(=O)Cl)c1[N+](=O)[O-]. The molecule has 0 atom stereocenters. The Morgan fingerprint density at radius 3 is 2.76 bits per heavy atom. The smallest absolute Gasteiger partial charge is 0.322 e. The Kier molecular flexibility index (Phi) is 4.90. The van der Waals surface area contributed by atoms with Gasteiger partial charge in [-0.1, -0.05) is 19.4 Å². The number of para-hydroxylation sites is 1. The van der Waals surface area contributed by atoms with E-state index < -0.39 is 10.2 Å². The molecule has 0 unspecified atom stereocenters. The van der Waals surface area contributed by atoms with Crippen molar-refractivity contribution in [3.63, 3.8) is 0 Å². The molecule has 1 aromatic carbocycles. The lowest BCUT2D eigenvalue weighted by atomic mass is 10.2. The average Bonchev–Trinajstić information content (AvgIpc) is 2.28. The fraction of sp³-hybridized carbons (Fsp3) is 0.364. The van der Waals surface area contributed by atoms with E-state index in [1.165, 1.54) is 18.2 Å². The highest BCUT2D eigenvalue weighted by molar-refractivity contribution is 6.68. The number of carbonyl (C=O) groups is 1. The summed E-state index contributed by atoms with van der Waals surface area (Å²) in [5.41, 5.74) is -0.519. The second-order valence-corrected chi connectivity index (χ2v) is 3.73. The molecule has 5 nitrogen and oxygen atoms in total. The Balaban J connectivity index is 3.07. The zero-order chi connectivity index (χ0) is 12.8. The van der Waals surface area contributed by atoms with Gasteiger partial charge in [-0.15, -0.1) is 0 Å². The summed E-state index contributed by atoms with van der Waals surface area (Å²) in [6.45, 7) is 2.35. The molecular weight excluding hydrogens is 246 g/mol. The second kappa shape index (κ2) is 6.20. The predicted molar refractivity (Wildman–Crippen MR) is 63.7 cm³/mol. The van der Waals surface area contributed by atoms with Crippen LogP contribution in [0.25, 0.3) is 0 Å². The summed E-state index contributed by atoms with van der Waals surface area (Å²) in [6, 6.07) is 4.27. The van der Waals surface area contributed by atoms with Gasteiger partial charge in [-0.3, -0.25) is 14.9 Å². The second-order valence-electron chi connectivity index (χ2n) is 3.39. The molecule has 0 saturated heterocycles. The van der Waals surface area contributed by atoms with Crippen molar-refractivity contribution in [3.05, 3.63) is 33.9 Å². The van der Waals surface area contributed by atoms with Gasteiger partial charge < -0.3 is 4.74 Å². The number of nitrogens with zero attached hydrogens (tertiary/aromatic N) is 1. The van der Waals surface area contributed by atoms with Gasteiger partial charge in [-0.25, -0.2) is 0 Å². The Morgan fingerprint density at radius 2 is 2.24 bits per heavy atom. The molecule has 1 rings (SSSR count). The predicted octanol–water partition coefficient (Wildman–Crippen LogP) is 3.15. The van der Waals surface area contributed by atoms with E-state index in [9.17, 15) is 14.9 Å². The maximum absolute atomic E-state index is 11.1. The number of rotatable bonds is 6. The van der Waals surface area contributed by atoms with Crippen LogP contribution in [0.3, 0.4) is 0 Å². The topological polar surface area (TPSA) is 69.4 Å². The summed E-state index contributed by atoms with van der Waals surface area (Å²) in [7, 11) is 0. The molecule has 0 N–H and O–H groups in total. The first-order valence-electron chi connectivity index (χ1n) is 5.18. The first-order valence-corrected chi connectivity index (χ1v) is 5.55. The van der Waals surface area contributed by atoms with Crippen LogP contribution in [0.15, 0.2) is 18.2 Å². The minimum Gasteiger partial charge on any atom is -0.487 e. The summed E-state index contributed by atoms with van der Waals surface area (Å²) in [4.78, 5) is 21.3. The first-order chi connectivity index (χ1) is 8.07. The number of hydrogen-bond donors (Lipinski definition) is 0. The van der Waals surface area contributed by atoms with Crippen LogP contribution in [-0.4, -0.2) is 16.8 Å². The first kappa shape index (κ1) is 13.4. The number of benzene rings is 1. The lowest BCUT2D eigenvalue weighted by Gasteiger charge is -2.07. The monoisotopic (exact) mass is 257 g/mol. The number of carbonyl (C=O) groups excluding carboxylic acids is 1. The van der Waals surface area contributed by atoms with Crippen LogP contribution in [0.5, 0.6) is 5.75 Å². The van der Waals surface area contributed by atoms with Gasteiger partial charge in [0, 0.05) is 0 Å². The molecule has 0 amide bonds. The molecule has 0 heterocycles. The number of ether oxygens (including phenoxy) is 1. The summed E-state index contributed by atoms with van der Waals surface area (Å²) in [6.07, 6.45) is 1.71. The largest absolute Gasteiger partial charge is 0.487 e.